The van der Waals surface area contributed by atoms with Crippen molar-refractivity contribution in [2.24, 2.45) is 5.73 Å². The number of nitrogens with zero attached hydrogens (tertiary/aromatic N) is 1. The smallest absolute Gasteiger partial charge is 0.269 e. The first-order valence-electron chi connectivity index (χ1n) is 5.56. The Kier molecular flexibility index (Phi) is 5.92. The van der Waals surface area contributed by atoms with E-state index in [1.165, 1.54) is 12.1 Å². The molecule has 0 saturated carbocycles. The van der Waals surface area contributed by atoms with E-state index in [9.17, 15) is 14.9 Å². The molecule has 0 radical (unpaired) electrons. The number of nitrogens with one attached hydrogen (secondary N) is 1. The molecule has 0 aliphatic rings. The number of nitrogens with two attached hydrogens (primary N) is 1. The summed E-state index contributed by atoms with van der Waals surface area (Å²) in [6, 6.07) is 5.48. The minimum absolute atomic E-state index is 0. The molecule has 0 aliphatic heterocycles. The van der Waals surface area contributed by atoms with E-state index in [4.69, 9.17) is 5.73 Å². The summed E-state index contributed by atoms with van der Waals surface area (Å²) in [5.74, 6) is -0.265. The number of hydrogen-bond donors (Lipinski definition) is 2. The van der Waals surface area contributed by atoms with Crippen LogP contribution in [0.2, 0.25) is 0 Å². The highest BCUT2D eigenvalue weighted by atomic mass is 35.5. The molecular formula is C12H18ClN3O3. The number of carbonyl (C=O) groups excluding carboxylic acids is 1. The lowest BCUT2D eigenvalue weighted by atomic mass is 9.93. The van der Waals surface area contributed by atoms with Crippen LogP contribution in [0.15, 0.2) is 24.3 Å². The summed E-state index contributed by atoms with van der Waals surface area (Å²) >= 11 is 0. The zero-order valence-electron chi connectivity index (χ0n) is 11.0. The molecule has 106 valence electrons. The van der Waals surface area contributed by atoms with Gasteiger partial charge in [0.15, 0.2) is 0 Å². The van der Waals surface area contributed by atoms with Gasteiger partial charge < -0.3 is 11.1 Å². The Balaban J connectivity index is 0.00000324. The quantitative estimate of drug-likeness (QED) is 0.650. The summed E-state index contributed by atoms with van der Waals surface area (Å²) in [6.45, 7) is 5.23. The zero-order chi connectivity index (χ0) is 13.9. The van der Waals surface area contributed by atoms with Gasteiger partial charge in [-0.15, -0.1) is 12.4 Å². The maximum Gasteiger partial charge on any atom is 0.269 e. The predicted octanol–water partition coefficient (Wildman–Crippen LogP) is 1.72. The Hall–Kier alpha value is -1.66. The maximum absolute atomic E-state index is 11.6. The van der Waals surface area contributed by atoms with Gasteiger partial charge in [0.2, 0.25) is 5.91 Å². The van der Waals surface area contributed by atoms with Gasteiger partial charge in [0, 0.05) is 12.1 Å². The van der Waals surface area contributed by atoms with Gasteiger partial charge in [0.1, 0.15) is 0 Å². The minimum Gasteiger partial charge on any atom is -0.346 e. The first kappa shape index (κ1) is 17.3. The first-order chi connectivity index (χ1) is 8.24. The fourth-order valence-corrected chi connectivity index (χ4v) is 1.49. The molecule has 0 heterocycles. The van der Waals surface area contributed by atoms with Gasteiger partial charge in [-0.25, -0.2) is 0 Å². The second-order valence-electron chi connectivity index (χ2n) is 4.71. The standard InChI is InChI=1S/C12H17N3O3.ClH/c1-8(13)11(16)14-12(2,3)9-4-6-10(7-5-9)15(17)18;/h4-8H,13H2,1-3H3,(H,14,16);1H/t8-;/m0./s1. The Morgan fingerprint density at radius 1 is 1.37 bits per heavy atom. The number of nitro benzene ring substituents is 1. The third-order valence-electron chi connectivity index (χ3n) is 2.65. The molecule has 1 amide bonds. The van der Waals surface area contributed by atoms with Crippen molar-refractivity contribution in [1.82, 2.24) is 5.32 Å². The van der Waals surface area contributed by atoms with E-state index in [1.807, 2.05) is 13.8 Å². The molecule has 19 heavy (non-hydrogen) atoms. The Morgan fingerprint density at radius 3 is 2.21 bits per heavy atom. The largest absolute Gasteiger partial charge is 0.346 e. The van der Waals surface area contributed by atoms with Crippen LogP contribution in [0.3, 0.4) is 0 Å². The first-order valence-corrected chi connectivity index (χ1v) is 5.56. The van der Waals surface area contributed by atoms with Gasteiger partial charge in [-0.05, 0) is 38.5 Å². The minimum atomic E-state index is -0.625. The molecule has 0 aliphatic carbocycles. The average Bonchev–Trinajstić information content (AvgIpc) is 2.28. The summed E-state index contributed by atoms with van der Waals surface area (Å²) < 4.78 is 0. The Labute approximate surface area is 117 Å². The van der Waals surface area contributed by atoms with Crippen LogP contribution in [0.4, 0.5) is 5.69 Å². The number of hydrogen-bond acceptors (Lipinski definition) is 4. The molecule has 0 bridgehead atoms. The van der Waals surface area contributed by atoms with Crippen LogP contribution in [0.25, 0.3) is 0 Å². The average molecular weight is 288 g/mol. The number of rotatable bonds is 4. The van der Waals surface area contributed by atoms with Crippen LogP contribution < -0.4 is 11.1 Å². The molecule has 1 atom stereocenters. The summed E-state index contributed by atoms with van der Waals surface area (Å²) in [5, 5.41) is 13.3. The molecule has 1 rings (SSSR count). The fourth-order valence-electron chi connectivity index (χ4n) is 1.49. The van der Waals surface area contributed by atoms with E-state index in [-0.39, 0.29) is 24.0 Å². The summed E-state index contributed by atoms with van der Waals surface area (Å²) in [6.07, 6.45) is 0. The number of amides is 1. The monoisotopic (exact) mass is 287 g/mol. The summed E-state index contributed by atoms with van der Waals surface area (Å²) in [4.78, 5) is 21.6. The topological polar surface area (TPSA) is 98.3 Å². The zero-order valence-corrected chi connectivity index (χ0v) is 11.9. The van der Waals surface area contributed by atoms with E-state index in [0.29, 0.717) is 0 Å². The van der Waals surface area contributed by atoms with E-state index in [2.05, 4.69) is 5.32 Å². The van der Waals surface area contributed by atoms with Crippen molar-refractivity contribution >= 4 is 24.0 Å². The van der Waals surface area contributed by atoms with Crippen LogP contribution in [0.5, 0.6) is 0 Å². The predicted molar refractivity (Wildman–Crippen MR) is 75.2 cm³/mol. The highest BCUT2D eigenvalue weighted by Crippen LogP contribution is 2.22. The van der Waals surface area contributed by atoms with Crippen LogP contribution in [0, 0.1) is 10.1 Å². The fraction of sp³-hybridized carbons (Fsp3) is 0.417. The normalized spacial score (nSPS) is 12.2. The molecular weight excluding hydrogens is 270 g/mol. The van der Waals surface area contributed by atoms with Crippen molar-refractivity contribution in [3.05, 3.63) is 39.9 Å². The third-order valence-corrected chi connectivity index (χ3v) is 2.65. The highest BCUT2D eigenvalue weighted by molar-refractivity contribution is 5.85. The molecule has 3 N–H and O–H groups in total. The van der Waals surface area contributed by atoms with Gasteiger partial charge in [-0.2, -0.15) is 0 Å². The van der Waals surface area contributed by atoms with Crippen molar-refractivity contribution in [3.8, 4) is 0 Å². The molecule has 6 nitrogen and oxygen atoms in total. The van der Waals surface area contributed by atoms with Crippen LogP contribution >= 0.6 is 12.4 Å². The third kappa shape index (κ3) is 4.50. The Bertz CT molecular complexity index is 458. The van der Waals surface area contributed by atoms with Gasteiger partial charge in [0.05, 0.1) is 16.5 Å². The molecule has 0 fully saturated rings. The maximum atomic E-state index is 11.6. The lowest BCUT2D eigenvalue weighted by molar-refractivity contribution is -0.384. The van der Waals surface area contributed by atoms with E-state index >= 15 is 0 Å². The second-order valence-corrected chi connectivity index (χ2v) is 4.71. The number of nitro groups is 1. The summed E-state index contributed by atoms with van der Waals surface area (Å²) in [5.41, 5.74) is 5.66. The SMILES string of the molecule is C[C@H](N)C(=O)NC(C)(C)c1ccc([N+](=O)[O-])cc1.Cl. The molecule has 1 aromatic carbocycles. The number of carbonyl (C=O) groups is 1. The number of non-ortho nitro benzene ring substituents is 1. The van der Waals surface area contributed by atoms with Crippen LogP contribution in [-0.2, 0) is 10.3 Å². The van der Waals surface area contributed by atoms with Gasteiger partial charge in [0.25, 0.3) is 5.69 Å². The van der Waals surface area contributed by atoms with Crippen LogP contribution in [-0.4, -0.2) is 16.9 Å². The molecule has 0 aromatic heterocycles. The lowest BCUT2D eigenvalue weighted by Crippen LogP contribution is -2.47. The molecule has 0 unspecified atom stereocenters. The Morgan fingerprint density at radius 2 is 1.84 bits per heavy atom. The van der Waals surface area contributed by atoms with Crippen LogP contribution in [0.1, 0.15) is 26.3 Å². The summed E-state index contributed by atoms with van der Waals surface area (Å²) in [7, 11) is 0. The molecule has 1 aromatic rings. The number of benzene rings is 1. The van der Waals surface area contributed by atoms with Gasteiger partial charge in [-0.3, -0.25) is 14.9 Å². The molecule has 0 saturated heterocycles. The van der Waals surface area contributed by atoms with E-state index in [0.717, 1.165) is 5.56 Å². The van der Waals surface area contributed by atoms with Crippen molar-refractivity contribution in [2.45, 2.75) is 32.4 Å². The van der Waals surface area contributed by atoms with Gasteiger partial charge >= 0.3 is 0 Å². The van der Waals surface area contributed by atoms with E-state index < -0.39 is 16.5 Å². The van der Waals surface area contributed by atoms with Crippen molar-refractivity contribution in [3.63, 3.8) is 0 Å². The molecule has 7 heteroatoms. The van der Waals surface area contributed by atoms with E-state index in [1.54, 1.807) is 19.1 Å². The van der Waals surface area contributed by atoms with Crippen molar-refractivity contribution in [1.29, 1.82) is 0 Å². The molecule has 0 spiro atoms. The van der Waals surface area contributed by atoms with Crippen molar-refractivity contribution in [2.75, 3.05) is 0 Å². The number of halogens is 1. The lowest BCUT2D eigenvalue weighted by Gasteiger charge is -2.27. The second kappa shape index (κ2) is 6.49. The highest BCUT2D eigenvalue weighted by Gasteiger charge is 2.24. The van der Waals surface area contributed by atoms with Crippen molar-refractivity contribution < 1.29 is 9.72 Å². The van der Waals surface area contributed by atoms with Gasteiger partial charge in [-0.1, -0.05) is 0 Å².